The molecule has 0 spiro atoms. The van der Waals surface area contributed by atoms with E-state index in [4.69, 9.17) is 0 Å². The van der Waals surface area contributed by atoms with E-state index in [2.05, 4.69) is 18.0 Å². The number of likely N-dealkylation sites (tertiary alicyclic amines) is 1. The Morgan fingerprint density at radius 1 is 1.43 bits per heavy atom. The Morgan fingerprint density at radius 2 is 2.19 bits per heavy atom. The van der Waals surface area contributed by atoms with Crippen molar-refractivity contribution in [1.82, 2.24) is 9.88 Å². The van der Waals surface area contributed by atoms with Gasteiger partial charge in [-0.1, -0.05) is 25.1 Å². The van der Waals surface area contributed by atoms with Gasteiger partial charge in [-0.05, 0) is 30.9 Å². The molecule has 3 rings (SSSR count). The number of H-pyrrole nitrogens is 1. The van der Waals surface area contributed by atoms with Crippen LogP contribution in [-0.2, 0) is 11.2 Å². The van der Waals surface area contributed by atoms with Crippen molar-refractivity contribution < 1.29 is 9.90 Å². The lowest BCUT2D eigenvalue weighted by Gasteiger charge is -2.25. The number of aromatic amines is 1. The molecule has 2 heterocycles. The predicted octanol–water partition coefficient (Wildman–Crippen LogP) is 2.25. The van der Waals surface area contributed by atoms with Gasteiger partial charge < -0.3 is 15.0 Å². The first-order valence-corrected chi connectivity index (χ1v) is 7.58. The van der Waals surface area contributed by atoms with Gasteiger partial charge in [-0.3, -0.25) is 4.79 Å². The summed E-state index contributed by atoms with van der Waals surface area (Å²) in [6.45, 7) is 4.93. The highest BCUT2D eigenvalue weighted by atomic mass is 16.3. The summed E-state index contributed by atoms with van der Waals surface area (Å²) in [5.74, 6) is 0.495. The predicted molar refractivity (Wildman–Crippen MR) is 83.1 cm³/mol. The minimum atomic E-state index is -0.0250. The number of hydrogen-bond donors (Lipinski definition) is 2. The summed E-state index contributed by atoms with van der Waals surface area (Å²) in [4.78, 5) is 17.8. The lowest BCUT2D eigenvalue weighted by Crippen LogP contribution is -2.40. The summed E-state index contributed by atoms with van der Waals surface area (Å²) < 4.78 is 0. The number of carbonyl (C=O) groups is 1. The van der Waals surface area contributed by atoms with Crippen molar-refractivity contribution in [3.63, 3.8) is 0 Å². The third-order valence-corrected chi connectivity index (χ3v) is 4.74. The highest BCUT2D eigenvalue weighted by Crippen LogP contribution is 2.27. The Morgan fingerprint density at radius 3 is 2.95 bits per heavy atom. The first kappa shape index (κ1) is 14.1. The molecule has 1 aliphatic rings. The largest absolute Gasteiger partial charge is 0.394 e. The van der Waals surface area contributed by atoms with Crippen molar-refractivity contribution in [2.75, 3.05) is 13.2 Å². The van der Waals surface area contributed by atoms with Gasteiger partial charge in [0, 0.05) is 23.1 Å². The Balaban J connectivity index is 1.85. The van der Waals surface area contributed by atoms with Crippen LogP contribution in [0.1, 0.15) is 24.6 Å². The number of benzene rings is 1. The number of aliphatic hydroxyl groups is 1. The minimum Gasteiger partial charge on any atom is -0.394 e. The normalized spacial score (nSPS) is 22.1. The third kappa shape index (κ3) is 2.44. The first-order chi connectivity index (χ1) is 10.1. The zero-order valence-electron chi connectivity index (χ0n) is 12.6. The van der Waals surface area contributed by atoms with E-state index in [0.717, 1.165) is 35.1 Å². The van der Waals surface area contributed by atoms with Crippen molar-refractivity contribution in [2.45, 2.75) is 32.7 Å². The van der Waals surface area contributed by atoms with E-state index in [1.165, 1.54) is 0 Å². The quantitative estimate of drug-likeness (QED) is 0.909. The van der Waals surface area contributed by atoms with E-state index in [1.54, 1.807) is 0 Å². The second-order valence-corrected chi connectivity index (χ2v) is 6.05. The van der Waals surface area contributed by atoms with Gasteiger partial charge in [0.05, 0.1) is 19.1 Å². The Labute approximate surface area is 124 Å². The average Bonchev–Trinajstić information content (AvgIpc) is 3.00. The average molecular weight is 286 g/mol. The molecule has 0 saturated carbocycles. The molecule has 2 unspecified atom stereocenters. The minimum absolute atomic E-state index is 0.0250. The van der Waals surface area contributed by atoms with Crippen LogP contribution in [0.2, 0.25) is 0 Å². The van der Waals surface area contributed by atoms with Gasteiger partial charge in [0.2, 0.25) is 5.91 Å². The number of aryl methyl sites for hydroxylation is 1. The summed E-state index contributed by atoms with van der Waals surface area (Å²) >= 11 is 0. The van der Waals surface area contributed by atoms with Crippen LogP contribution in [0.25, 0.3) is 10.9 Å². The third-order valence-electron chi connectivity index (χ3n) is 4.74. The smallest absolute Gasteiger partial charge is 0.227 e. The summed E-state index contributed by atoms with van der Waals surface area (Å²) in [5, 5.41) is 10.6. The number of para-hydroxylation sites is 1. The van der Waals surface area contributed by atoms with Gasteiger partial charge in [-0.2, -0.15) is 0 Å². The molecule has 0 radical (unpaired) electrons. The molecule has 1 aromatic carbocycles. The molecule has 1 saturated heterocycles. The topological polar surface area (TPSA) is 56.3 Å². The molecule has 0 aliphatic carbocycles. The van der Waals surface area contributed by atoms with Crippen molar-refractivity contribution in [3.8, 4) is 0 Å². The zero-order valence-corrected chi connectivity index (χ0v) is 12.6. The van der Waals surface area contributed by atoms with Gasteiger partial charge >= 0.3 is 0 Å². The fourth-order valence-electron chi connectivity index (χ4n) is 3.41. The van der Waals surface area contributed by atoms with Crippen LogP contribution < -0.4 is 0 Å². The van der Waals surface area contributed by atoms with Crippen molar-refractivity contribution in [1.29, 1.82) is 0 Å². The number of rotatable bonds is 3. The van der Waals surface area contributed by atoms with Gasteiger partial charge in [-0.15, -0.1) is 0 Å². The Kier molecular flexibility index (Phi) is 3.72. The first-order valence-electron chi connectivity index (χ1n) is 7.58. The van der Waals surface area contributed by atoms with Gasteiger partial charge in [0.1, 0.15) is 0 Å². The molecule has 1 amide bonds. The molecule has 2 atom stereocenters. The van der Waals surface area contributed by atoms with E-state index in [0.29, 0.717) is 12.3 Å². The van der Waals surface area contributed by atoms with E-state index >= 15 is 0 Å². The number of aliphatic hydroxyl groups excluding tert-OH is 1. The molecule has 21 heavy (non-hydrogen) atoms. The summed E-state index contributed by atoms with van der Waals surface area (Å²) in [6.07, 6.45) is 1.38. The van der Waals surface area contributed by atoms with Crippen LogP contribution in [-0.4, -0.2) is 40.1 Å². The monoisotopic (exact) mass is 286 g/mol. The second kappa shape index (κ2) is 5.53. The zero-order chi connectivity index (χ0) is 15.0. The summed E-state index contributed by atoms with van der Waals surface area (Å²) in [7, 11) is 0. The number of nitrogens with zero attached hydrogens (tertiary/aromatic N) is 1. The molecular weight excluding hydrogens is 264 g/mol. The Bertz CT molecular complexity index is 662. The lowest BCUT2D eigenvalue weighted by molar-refractivity contribution is -0.132. The molecule has 0 bridgehead atoms. The highest BCUT2D eigenvalue weighted by Gasteiger charge is 2.33. The van der Waals surface area contributed by atoms with Gasteiger partial charge in [-0.25, -0.2) is 0 Å². The molecule has 112 valence electrons. The standard InChI is InChI=1S/C17H22N2O2/c1-11-7-8-19(16(11)10-20)17(21)9-14-12(2)18-15-6-4-3-5-13(14)15/h3-6,11,16,18,20H,7-10H2,1-2H3. The van der Waals surface area contributed by atoms with Crippen LogP contribution in [0.15, 0.2) is 24.3 Å². The number of amides is 1. The van der Waals surface area contributed by atoms with Crippen molar-refractivity contribution in [3.05, 3.63) is 35.5 Å². The summed E-state index contributed by atoms with van der Waals surface area (Å²) in [6, 6.07) is 8.05. The summed E-state index contributed by atoms with van der Waals surface area (Å²) in [5.41, 5.74) is 3.20. The molecule has 1 fully saturated rings. The fraction of sp³-hybridized carbons (Fsp3) is 0.471. The van der Waals surface area contributed by atoms with Gasteiger partial charge in [0.25, 0.3) is 0 Å². The highest BCUT2D eigenvalue weighted by molar-refractivity contribution is 5.90. The molecule has 2 aromatic rings. The Hall–Kier alpha value is -1.81. The fourth-order valence-corrected chi connectivity index (χ4v) is 3.41. The number of hydrogen-bond acceptors (Lipinski definition) is 2. The molecule has 4 heteroatoms. The molecule has 2 N–H and O–H groups in total. The van der Waals surface area contributed by atoms with Crippen LogP contribution in [0.3, 0.4) is 0 Å². The van der Waals surface area contributed by atoms with Crippen LogP contribution in [0, 0.1) is 12.8 Å². The molecule has 4 nitrogen and oxygen atoms in total. The van der Waals surface area contributed by atoms with E-state index in [9.17, 15) is 9.90 Å². The van der Waals surface area contributed by atoms with E-state index < -0.39 is 0 Å². The van der Waals surface area contributed by atoms with E-state index in [1.807, 2.05) is 30.0 Å². The maximum atomic E-state index is 12.6. The number of aromatic nitrogens is 1. The second-order valence-electron chi connectivity index (χ2n) is 6.05. The molecule has 1 aliphatic heterocycles. The number of fused-ring (bicyclic) bond motifs is 1. The van der Waals surface area contributed by atoms with Crippen molar-refractivity contribution in [2.24, 2.45) is 5.92 Å². The molecular formula is C17H22N2O2. The van der Waals surface area contributed by atoms with Crippen LogP contribution in [0.5, 0.6) is 0 Å². The van der Waals surface area contributed by atoms with Crippen LogP contribution in [0.4, 0.5) is 0 Å². The number of nitrogens with one attached hydrogen (secondary N) is 1. The van der Waals surface area contributed by atoms with Crippen molar-refractivity contribution >= 4 is 16.8 Å². The van der Waals surface area contributed by atoms with Crippen LogP contribution >= 0.6 is 0 Å². The molecule has 1 aromatic heterocycles. The van der Waals surface area contributed by atoms with E-state index in [-0.39, 0.29) is 18.6 Å². The SMILES string of the molecule is Cc1[nH]c2ccccc2c1CC(=O)N1CCC(C)C1CO. The van der Waals surface area contributed by atoms with Gasteiger partial charge in [0.15, 0.2) is 0 Å². The number of carbonyl (C=O) groups excluding carboxylic acids is 1. The lowest BCUT2D eigenvalue weighted by atomic mass is 10.0. The maximum Gasteiger partial charge on any atom is 0.227 e. The maximum absolute atomic E-state index is 12.6.